The molecule has 0 atom stereocenters. The Hall–Kier alpha value is -3.94. The third-order valence-electron chi connectivity index (χ3n) is 3.55. The summed E-state index contributed by atoms with van der Waals surface area (Å²) < 4.78 is 0. The van der Waals surface area contributed by atoms with E-state index in [-0.39, 0.29) is 11.4 Å². The van der Waals surface area contributed by atoms with Crippen molar-refractivity contribution in [3.8, 4) is 11.1 Å². The Morgan fingerprint density at radius 1 is 0.962 bits per heavy atom. The minimum absolute atomic E-state index is 0.0973. The number of hydrogen-bond donors (Lipinski definition) is 4. The van der Waals surface area contributed by atoms with E-state index in [9.17, 15) is 9.59 Å². The summed E-state index contributed by atoms with van der Waals surface area (Å²) in [5, 5.41) is 13.8. The van der Waals surface area contributed by atoms with Crippen molar-refractivity contribution in [3.05, 3.63) is 66.6 Å². The zero-order valence-corrected chi connectivity index (χ0v) is 13.5. The first kappa shape index (κ1) is 16.9. The van der Waals surface area contributed by atoms with Gasteiger partial charge in [-0.1, -0.05) is 12.1 Å². The molecular formula is C18H15N5O3. The molecule has 8 nitrogen and oxygen atoms in total. The van der Waals surface area contributed by atoms with Crippen LogP contribution >= 0.6 is 0 Å². The predicted octanol–water partition coefficient (Wildman–Crippen LogP) is 3.07. The fraction of sp³-hybridized carbons (Fsp3) is 0. The van der Waals surface area contributed by atoms with E-state index in [4.69, 9.17) is 10.8 Å². The van der Waals surface area contributed by atoms with Gasteiger partial charge in [0.2, 0.25) is 0 Å². The molecule has 1 aromatic carbocycles. The van der Waals surface area contributed by atoms with Crippen LogP contribution in [0.2, 0.25) is 0 Å². The number of anilines is 3. The van der Waals surface area contributed by atoms with Gasteiger partial charge < -0.3 is 16.2 Å². The summed E-state index contributed by atoms with van der Waals surface area (Å²) in [5.74, 6) is -0.303. The fourth-order valence-electron chi connectivity index (χ4n) is 2.35. The molecule has 2 aromatic heterocycles. The van der Waals surface area contributed by atoms with E-state index in [1.54, 1.807) is 54.9 Å². The second kappa shape index (κ2) is 7.31. The maximum atomic E-state index is 12.5. The number of nitrogens with two attached hydrogens (primary N) is 1. The van der Waals surface area contributed by atoms with Crippen molar-refractivity contribution in [2.24, 2.45) is 0 Å². The highest BCUT2D eigenvalue weighted by Gasteiger charge is 2.13. The van der Waals surface area contributed by atoms with Crippen LogP contribution in [-0.4, -0.2) is 27.1 Å². The minimum Gasteiger partial charge on any atom is -0.465 e. The van der Waals surface area contributed by atoms with E-state index < -0.39 is 12.0 Å². The molecule has 3 rings (SSSR count). The number of carboxylic acid groups (broad SMARTS) is 1. The number of carbonyl (C=O) groups is 2. The SMILES string of the molecule is Nc1ncc(-c2cccc(NC(=O)O)c2)cc1C(=O)Nc1ccncc1. The molecule has 0 fully saturated rings. The Bertz CT molecular complexity index is 960. The van der Waals surface area contributed by atoms with Crippen molar-refractivity contribution in [1.82, 2.24) is 9.97 Å². The van der Waals surface area contributed by atoms with Gasteiger partial charge in [-0.15, -0.1) is 0 Å². The van der Waals surface area contributed by atoms with Gasteiger partial charge in [0.15, 0.2) is 0 Å². The monoisotopic (exact) mass is 349 g/mol. The third kappa shape index (κ3) is 3.93. The zero-order chi connectivity index (χ0) is 18.5. The summed E-state index contributed by atoms with van der Waals surface area (Å²) in [4.78, 5) is 31.2. The van der Waals surface area contributed by atoms with Crippen molar-refractivity contribution in [1.29, 1.82) is 0 Å². The quantitative estimate of drug-likeness (QED) is 0.572. The number of carbonyl (C=O) groups excluding carboxylic acids is 1. The lowest BCUT2D eigenvalue weighted by atomic mass is 10.0. The summed E-state index contributed by atoms with van der Waals surface area (Å²) in [7, 11) is 0. The molecular weight excluding hydrogens is 334 g/mol. The van der Waals surface area contributed by atoms with Crippen LogP contribution in [0.5, 0.6) is 0 Å². The number of nitrogen functional groups attached to an aromatic ring is 1. The number of nitrogens with one attached hydrogen (secondary N) is 2. The Morgan fingerprint density at radius 3 is 2.46 bits per heavy atom. The fourth-order valence-corrected chi connectivity index (χ4v) is 2.35. The molecule has 0 aliphatic heterocycles. The highest BCUT2D eigenvalue weighted by molar-refractivity contribution is 6.07. The van der Waals surface area contributed by atoms with Gasteiger partial charge in [-0.25, -0.2) is 9.78 Å². The maximum absolute atomic E-state index is 12.5. The Balaban J connectivity index is 1.90. The number of nitrogens with zero attached hydrogens (tertiary/aromatic N) is 2. The van der Waals surface area contributed by atoms with E-state index in [0.29, 0.717) is 22.5 Å². The van der Waals surface area contributed by atoms with Gasteiger partial charge in [0, 0.05) is 35.5 Å². The lowest BCUT2D eigenvalue weighted by Gasteiger charge is -2.10. The van der Waals surface area contributed by atoms with Crippen LogP contribution in [0.1, 0.15) is 10.4 Å². The summed E-state index contributed by atoms with van der Waals surface area (Å²) in [5.41, 5.74) is 8.39. The molecule has 2 heterocycles. The summed E-state index contributed by atoms with van der Waals surface area (Å²) in [6.45, 7) is 0. The largest absolute Gasteiger partial charge is 0.465 e. The van der Waals surface area contributed by atoms with Gasteiger partial charge in [-0.05, 0) is 35.9 Å². The first-order chi connectivity index (χ1) is 12.5. The number of amides is 2. The lowest BCUT2D eigenvalue weighted by Crippen LogP contribution is -2.15. The topological polar surface area (TPSA) is 130 Å². The molecule has 0 bridgehead atoms. The Labute approximate surface area is 148 Å². The normalized spacial score (nSPS) is 10.2. The molecule has 5 N–H and O–H groups in total. The predicted molar refractivity (Wildman–Crippen MR) is 97.9 cm³/mol. The Morgan fingerprint density at radius 2 is 1.73 bits per heavy atom. The van der Waals surface area contributed by atoms with Crippen molar-refractivity contribution in [2.75, 3.05) is 16.4 Å². The lowest BCUT2D eigenvalue weighted by molar-refractivity contribution is 0.102. The second-order valence-electron chi connectivity index (χ2n) is 5.36. The van der Waals surface area contributed by atoms with Crippen LogP contribution < -0.4 is 16.4 Å². The summed E-state index contributed by atoms with van der Waals surface area (Å²) in [6.07, 6.45) is 3.50. The molecule has 8 heteroatoms. The van der Waals surface area contributed by atoms with Crippen LogP contribution in [0.15, 0.2) is 61.1 Å². The molecule has 130 valence electrons. The second-order valence-corrected chi connectivity index (χ2v) is 5.36. The van der Waals surface area contributed by atoms with Crippen LogP contribution in [0.4, 0.5) is 22.0 Å². The van der Waals surface area contributed by atoms with E-state index >= 15 is 0 Å². The van der Waals surface area contributed by atoms with Gasteiger partial charge in [-0.2, -0.15) is 0 Å². The minimum atomic E-state index is -1.16. The van der Waals surface area contributed by atoms with Crippen molar-refractivity contribution in [3.63, 3.8) is 0 Å². The van der Waals surface area contributed by atoms with Gasteiger partial charge in [0.1, 0.15) is 5.82 Å². The average Bonchev–Trinajstić information content (AvgIpc) is 2.62. The van der Waals surface area contributed by atoms with E-state index in [0.717, 1.165) is 0 Å². The van der Waals surface area contributed by atoms with Crippen LogP contribution in [0.25, 0.3) is 11.1 Å². The van der Waals surface area contributed by atoms with E-state index in [2.05, 4.69) is 20.6 Å². The number of pyridine rings is 2. The van der Waals surface area contributed by atoms with Crippen molar-refractivity contribution in [2.45, 2.75) is 0 Å². The van der Waals surface area contributed by atoms with Gasteiger partial charge in [0.25, 0.3) is 5.91 Å². The summed E-state index contributed by atoms with van der Waals surface area (Å²) >= 11 is 0. The molecule has 0 unspecified atom stereocenters. The number of rotatable bonds is 4. The third-order valence-corrected chi connectivity index (χ3v) is 3.55. The molecule has 0 spiro atoms. The first-order valence-electron chi connectivity index (χ1n) is 7.60. The van der Waals surface area contributed by atoms with Gasteiger partial charge in [-0.3, -0.25) is 15.1 Å². The van der Waals surface area contributed by atoms with Gasteiger partial charge in [0.05, 0.1) is 5.56 Å². The highest BCUT2D eigenvalue weighted by atomic mass is 16.4. The van der Waals surface area contributed by atoms with Crippen LogP contribution in [0, 0.1) is 0 Å². The number of hydrogen-bond acceptors (Lipinski definition) is 5. The molecule has 26 heavy (non-hydrogen) atoms. The molecule has 0 aliphatic rings. The highest BCUT2D eigenvalue weighted by Crippen LogP contribution is 2.25. The van der Waals surface area contributed by atoms with E-state index in [1.807, 2.05) is 0 Å². The molecule has 0 radical (unpaired) electrons. The zero-order valence-electron chi connectivity index (χ0n) is 13.5. The molecule has 0 saturated heterocycles. The molecule has 0 aliphatic carbocycles. The van der Waals surface area contributed by atoms with Crippen LogP contribution in [-0.2, 0) is 0 Å². The van der Waals surface area contributed by atoms with Crippen molar-refractivity contribution >= 4 is 29.2 Å². The molecule has 2 amide bonds. The smallest absolute Gasteiger partial charge is 0.409 e. The number of benzene rings is 1. The molecule has 3 aromatic rings. The van der Waals surface area contributed by atoms with Crippen LogP contribution in [0.3, 0.4) is 0 Å². The standard InChI is InChI=1S/C18H15N5O3/c19-16-15(17(24)22-13-4-6-20-7-5-13)9-12(10-21-16)11-2-1-3-14(8-11)23-18(25)26/h1-10,23H,(H2,19,21)(H,25,26)(H,20,22,24). The van der Waals surface area contributed by atoms with Crippen molar-refractivity contribution < 1.29 is 14.7 Å². The van der Waals surface area contributed by atoms with E-state index in [1.165, 1.54) is 6.20 Å². The number of aromatic nitrogens is 2. The molecule has 0 saturated carbocycles. The Kier molecular flexibility index (Phi) is 4.75. The van der Waals surface area contributed by atoms with Gasteiger partial charge >= 0.3 is 6.09 Å². The first-order valence-corrected chi connectivity index (χ1v) is 7.60. The maximum Gasteiger partial charge on any atom is 0.409 e. The summed E-state index contributed by atoms with van der Waals surface area (Å²) in [6, 6.07) is 11.7. The average molecular weight is 349 g/mol.